The number of carbonyl (C=O) groups is 1. The van der Waals surface area contributed by atoms with Gasteiger partial charge in [-0.15, -0.1) is 0 Å². The van der Waals surface area contributed by atoms with E-state index in [2.05, 4.69) is 28.8 Å². The first-order chi connectivity index (χ1) is 16.1. The lowest BCUT2D eigenvalue weighted by atomic mass is 9.99. The Morgan fingerprint density at radius 2 is 1.88 bits per heavy atom. The van der Waals surface area contributed by atoms with Crippen LogP contribution in [0.1, 0.15) is 43.7 Å². The lowest BCUT2D eigenvalue weighted by Gasteiger charge is -2.12. The molecule has 0 fully saturated rings. The normalized spacial score (nSPS) is 11.9. The van der Waals surface area contributed by atoms with Crippen LogP contribution < -0.4 is 5.73 Å². The Bertz CT molecular complexity index is 1340. The summed E-state index contributed by atoms with van der Waals surface area (Å²) in [6.45, 7) is 4.12. The average Bonchev–Trinajstić information content (AvgIpc) is 3.20. The molecular weight excluding hydrogens is 443 g/mol. The predicted molar refractivity (Wildman–Crippen MR) is 124 cm³/mol. The Kier molecular flexibility index (Phi) is 6.37. The number of hydrogen-bond donors (Lipinski definition) is 1. The number of benzene rings is 1. The van der Waals surface area contributed by atoms with Crippen LogP contribution in [0.25, 0.3) is 28.2 Å². The van der Waals surface area contributed by atoms with Gasteiger partial charge in [-0.05, 0) is 35.2 Å². The molecular formula is C25H24F3N5O. The third kappa shape index (κ3) is 5.24. The summed E-state index contributed by atoms with van der Waals surface area (Å²) in [5.41, 5.74) is 11.4. The summed E-state index contributed by atoms with van der Waals surface area (Å²) in [5.74, 6) is -0.0315. The van der Waals surface area contributed by atoms with Crippen LogP contribution >= 0.6 is 0 Å². The van der Waals surface area contributed by atoms with Gasteiger partial charge in [0.2, 0.25) is 5.95 Å². The minimum Gasteiger partial charge on any atom is -0.368 e. The van der Waals surface area contributed by atoms with Gasteiger partial charge in [-0.25, -0.2) is 15.0 Å². The molecule has 3 heterocycles. The van der Waals surface area contributed by atoms with Crippen molar-refractivity contribution in [2.45, 2.75) is 45.2 Å². The van der Waals surface area contributed by atoms with Gasteiger partial charge in [0.05, 0.1) is 24.0 Å². The number of nitrogen functional groups attached to an aromatic ring is 1. The topological polar surface area (TPSA) is 86.2 Å². The number of carbonyl (C=O) groups excluding carboxylic acids is 1. The summed E-state index contributed by atoms with van der Waals surface area (Å²) in [5, 5.41) is 0. The van der Waals surface area contributed by atoms with Gasteiger partial charge in [0, 0.05) is 36.4 Å². The molecule has 0 aliphatic heterocycles. The van der Waals surface area contributed by atoms with Crippen LogP contribution in [0.3, 0.4) is 0 Å². The van der Waals surface area contributed by atoms with Gasteiger partial charge in [-0.3, -0.25) is 9.20 Å². The highest BCUT2D eigenvalue weighted by Gasteiger charge is 2.27. The van der Waals surface area contributed by atoms with Crippen molar-refractivity contribution in [1.82, 2.24) is 19.4 Å². The molecule has 9 heteroatoms. The van der Waals surface area contributed by atoms with Gasteiger partial charge in [0.1, 0.15) is 11.4 Å². The quantitative estimate of drug-likeness (QED) is 0.381. The van der Waals surface area contributed by atoms with E-state index >= 15 is 0 Å². The van der Waals surface area contributed by atoms with Crippen molar-refractivity contribution in [3.05, 3.63) is 66.1 Å². The van der Waals surface area contributed by atoms with Crippen LogP contribution in [0.15, 0.2) is 55.0 Å². The van der Waals surface area contributed by atoms with Crippen LogP contribution in [0.4, 0.5) is 19.1 Å². The molecule has 0 aliphatic rings. The second-order valence-corrected chi connectivity index (χ2v) is 8.50. The van der Waals surface area contributed by atoms with E-state index in [1.165, 1.54) is 0 Å². The van der Waals surface area contributed by atoms with Crippen LogP contribution in [0.5, 0.6) is 0 Å². The van der Waals surface area contributed by atoms with E-state index in [1.807, 2.05) is 34.9 Å². The zero-order valence-electron chi connectivity index (χ0n) is 18.8. The summed E-state index contributed by atoms with van der Waals surface area (Å²) in [7, 11) is 0. The molecule has 0 bridgehead atoms. The number of nitrogens with zero attached hydrogens (tertiary/aromatic N) is 4. The predicted octanol–water partition coefficient (Wildman–Crippen LogP) is 5.62. The van der Waals surface area contributed by atoms with Crippen LogP contribution in [-0.4, -0.2) is 31.3 Å². The lowest BCUT2D eigenvalue weighted by molar-refractivity contribution is -0.143. The molecule has 3 aromatic heterocycles. The summed E-state index contributed by atoms with van der Waals surface area (Å²) in [6.07, 6.45) is -0.642. The van der Waals surface area contributed by atoms with Gasteiger partial charge < -0.3 is 5.73 Å². The summed E-state index contributed by atoms with van der Waals surface area (Å²) in [4.78, 5) is 25.1. The fraction of sp³-hybridized carbons (Fsp3) is 0.280. The Balaban J connectivity index is 1.62. The highest BCUT2D eigenvalue weighted by atomic mass is 19.4. The SMILES string of the molecule is CC(C)c1cnc(N)nc1-c1ccn2c(-c3cccc(CC(=O)CCC(F)(F)F)c3)cnc2c1. The van der Waals surface area contributed by atoms with Gasteiger partial charge in [0.25, 0.3) is 0 Å². The molecule has 0 radical (unpaired) electrons. The van der Waals surface area contributed by atoms with E-state index in [9.17, 15) is 18.0 Å². The number of pyridine rings is 1. The van der Waals surface area contributed by atoms with Gasteiger partial charge in [0.15, 0.2) is 0 Å². The standard InChI is InChI=1S/C25H24F3N5O/c1-15(2)20-13-31-24(29)32-23(20)18-7-9-33-21(14-30-22(33)12-18)17-5-3-4-16(10-17)11-19(34)6-8-25(26,27)28/h3-5,7,9-10,12-15H,6,8,11H2,1-2H3,(H2,29,31,32). The number of imidazole rings is 1. The maximum Gasteiger partial charge on any atom is 0.389 e. The fourth-order valence-electron chi connectivity index (χ4n) is 3.84. The highest BCUT2D eigenvalue weighted by Crippen LogP contribution is 2.30. The molecule has 0 amide bonds. The van der Waals surface area contributed by atoms with E-state index in [4.69, 9.17) is 5.73 Å². The number of alkyl halides is 3. The molecule has 0 atom stereocenters. The van der Waals surface area contributed by atoms with E-state index in [0.717, 1.165) is 28.1 Å². The molecule has 4 rings (SSSR count). The molecule has 0 saturated carbocycles. The smallest absolute Gasteiger partial charge is 0.368 e. The van der Waals surface area contributed by atoms with Crippen LogP contribution in [-0.2, 0) is 11.2 Å². The van der Waals surface area contributed by atoms with Crippen LogP contribution in [0.2, 0.25) is 0 Å². The Morgan fingerprint density at radius 3 is 2.62 bits per heavy atom. The second kappa shape index (κ2) is 9.24. The van der Waals surface area contributed by atoms with E-state index in [1.54, 1.807) is 24.5 Å². The first kappa shape index (κ1) is 23.4. The molecule has 2 N–H and O–H groups in total. The molecule has 0 spiro atoms. The fourth-order valence-corrected chi connectivity index (χ4v) is 3.84. The number of hydrogen-bond acceptors (Lipinski definition) is 5. The molecule has 34 heavy (non-hydrogen) atoms. The molecule has 1 aromatic carbocycles. The largest absolute Gasteiger partial charge is 0.389 e. The number of nitrogens with two attached hydrogens (primary N) is 1. The Hall–Kier alpha value is -3.75. The number of anilines is 1. The van der Waals surface area contributed by atoms with E-state index in [0.29, 0.717) is 11.2 Å². The van der Waals surface area contributed by atoms with E-state index in [-0.39, 0.29) is 18.3 Å². The van der Waals surface area contributed by atoms with Crippen molar-refractivity contribution < 1.29 is 18.0 Å². The van der Waals surface area contributed by atoms with Crippen molar-refractivity contribution in [3.63, 3.8) is 0 Å². The summed E-state index contributed by atoms with van der Waals surface area (Å²) < 4.78 is 39.1. The second-order valence-electron chi connectivity index (χ2n) is 8.50. The molecule has 0 saturated heterocycles. The van der Waals surface area contributed by atoms with Gasteiger partial charge in [-0.2, -0.15) is 13.2 Å². The maximum absolute atomic E-state index is 12.4. The molecule has 6 nitrogen and oxygen atoms in total. The molecule has 4 aromatic rings. The number of ketones is 1. The van der Waals surface area contributed by atoms with Crippen molar-refractivity contribution in [2.24, 2.45) is 0 Å². The minimum atomic E-state index is -4.33. The summed E-state index contributed by atoms with van der Waals surface area (Å²) >= 11 is 0. The molecule has 0 unspecified atom stereocenters. The monoisotopic (exact) mass is 467 g/mol. The number of Topliss-reactive ketones (excluding diaryl/α,β-unsaturated/α-hetero) is 1. The zero-order chi connectivity index (χ0) is 24.5. The third-order valence-electron chi connectivity index (χ3n) is 5.56. The van der Waals surface area contributed by atoms with Crippen molar-refractivity contribution in [2.75, 3.05) is 5.73 Å². The number of rotatable bonds is 7. The van der Waals surface area contributed by atoms with Crippen LogP contribution in [0, 0.1) is 0 Å². The van der Waals surface area contributed by atoms with Gasteiger partial charge >= 0.3 is 6.18 Å². The molecule has 176 valence electrons. The Morgan fingerprint density at radius 1 is 1.09 bits per heavy atom. The number of aromatic nitrogens is 4. The number of fused-ring (bicyclic) bond motifs is 1. The molecule has 0 aliphatic carbocycles. The maximum atomic E-state index is 12.4. The summed E-state index contributed by atoms with van der Waals surface area (Å²) in [6, 6.07) is 11.1. The third-order valence-corrected chi connectivity index (χ3v) is 5.56. The first-order valence-corrected chi connectivity index (χ1v) is 10.9. The minimum absolute atomic E-state index is 0.0437. The lowest BCUT2D eigenvalue weighted by Crippen LogP contribution is -2.12. The van der Waals surface area contributed by atoms with Gasteiger partial charge in [-0.1, -0.05) is 32.0 Å². The van der Waals surface area contributed by atoms with Crippen molar-refractivity contribution in [3.8, 4) is 22.5 Å². The average molecular weight is 467 g/mol. The first-order valence-electron chi connectivity index (χ1n) is 10.9. The number of halogens is 3. The van der Waals surface area contributed by atoms with Crippen molar-refractivity contribution in [1.29, 1.82) is 0 Å². The van der Waals surface area contributed by atoms with E-state index < -0.39 is 24.8 Å². The van der Waals surface area contributed by atoms with Crippen molar-refractivity contribution >= 4 is 17.4 Å². The zero-order valence-corrected chi connectivity index (χ0v) is 18.8. The highest BCUT2D eigenvalue weighted by molar-refractivity contribution is 5.81. The Labute approximate surface area is 194 Å².